The van der Waals surface area contributed by atoms with Gasteiger partial charge in [-0.3, -0.25) is 14.6 Å². The predicted octanol–water partition coefficient (Wildman–Crippen LogP) is 3.11. The van der Waals surface area contributed by atoms with Crippen molar-refractivity contribution >= 4 is 5.91 Å². The summed E-state index contributed by atoms with van der Waals surface area (Å²) in [6.07, 6.45) is 4.63. The number of aromatic nitrogens is 3. The van der Waals surface area contributed by atoms with E-state index in [-0.39, 0.29) is 23.9 Å². The number of carbonyl (C=O) groups is 1. The quantitative estimate of drug-likeness (QED) is 0.618. The number of hydrogen-bond donors (Lipinski definition) is 2. The van der Waals surface area contributed by atoms with E-state index in [1.165, 1.54) is 0 Å². The van der Waals surface area contributed by atoms with Crippen molar-refractivity contribution in [1.82, 2.24) is 20.3 Å². The number of hydrogen-bond acceptors (Lipinski definition) is 6. The molecule has 2 aromatic heterocycles. The predicted molar refractivity (Wildman–Crippen MR) is 120 cm³/mol. The van der Waals surface area contributed by atoms with E-state index >= 15 is 0 Å². The first kappa shape index (κ1) is 21.5. The minimum Gasteiger partial charge on any atom is -0.490 e. The fraction of sp³-hybridized carbons (Fsp3) is 0.333. The standard InChI is InChI=1S/C24H26N4O4/c1-15(18-4-6-20-21(14-18)32-13-3-12-31-20)26-22(29)7-5-19-16(2)27-23(28-24(19)30)17-8-10-25-11-9-17/h4,6,8-11,14-15H,3,5,7,12-13H2,1-2H3,(H,26,29)(H,27,28,30). The normalized spacial score (nSPS) is 13.8. The Morgan fingerprint density at radius 1 is 1.16 bits per heavy atom. The van der Waals surface area contributed by atoms with Crippen molar-refractivity contribution in [3.8, 4) is 22.9 Å². The molecule has 1 aromatic carbocycles. The lowest BCUT2D eigenvalue weighted by Gasteiger charge is -2.16. The lowest BCUT2D eigenvalue weighted by Crippen LogP contribution is -2.28. The Morgan fingerprint density at radius 3 is 2.66 bits per heavy atom. The number of amides is 1. The molecule has 2 N–H and O–H groups in total. The second-order valence-electron chi connectivity index (χ2n) is 7.76. The number of aryl methyl sites for hydroxylation is 1. The first-order valence-electron chi connectivity index (χ1n) is 10.7. The second-order valence-corrected chi connectivity index (χ2v) is 7.76. The molecule has 0 aliphatic carbocycles. The van der Waals surface area contributed by atoms with Gasteiger partial charge in [0.05, 0.1) is 19.3 Å². The fourth-order valence-corrected chi connectivity index (χ4v) is 3.64. The fourth-order valence-electron chi connectivity index (χ4n) is 3.64. The Hall–Kier alpha value is -3.68. The molecule has 1 unspecified atom stereocenters. The number of carbonyl (C=O) groups excluding carboxylic acids is 1. The minimum atomic E-state index is -0.229. The maximum absolute atomic E-state index is 12.6. The van der Waals surface area contributed by atoms with Crippen LogP contribution in [0.5, 0.6) is 11.5 Å². The van der Waals surface area contributed by atoms with Crippen LogP contribution in [0, 0.1) is 6.92 Å². The summed E-state index contributed by atoms with van der Waals surface area (Å²) in [6.45, 7) is 4.95. The highest BCUT2D eigenvalue weighted by molar-refractivity contribution is 5.76. The maximum atomic E-state index is 12.6. The second kappa shape index (κ2) is 9.64. The van der Waals surface area contributed by atoms with E-state index in [0.29, 0.717) is 42.5 Å². The van der Waals surface area contributed by atoms with Crippen molar-refractivity contribution in [3.63, 3.8) is 0 Å². The van der Waals surface area contributed by atoms with Crippen molar-refractivity contribution in [2.75, 3.05) is 13.2 Å². The van der Waals surface area contributed by atoms with Gasteiger partial charge in [-0.25, -0.2) is 4.98 Å². The van der Waals surface area contributed by atoms with Crippen molar-refractivity contribution in [2.45, 2.75) is 39.2 Å². The topological polar surface area (TPSA) is 106 Å². The number of H-pyrrole nitrogens is 1. The van der Waals surface area contributed by atoms with Gasteiger partial charge in [0.2, 0.25) is 5.91 Å². The molecule has 0 bridgehead atoms. The molecule has 0 radical (unpaired) electrons. The molecule has 0 fully saturated rings. The van der Waals surface area contributed by atoms with Crippen molar-refractivity contribution in [3.05, 3.63) is 69.9 Å². The van der Waals surface area contributed by atoms with E-state index < -0.39 is 0 Å². The highest BCUT2D eigenvalue weighted by Gasteiger charge is 2.16. The highest BCUT2D eigenvalue weighted by atomic mass is 16.5. The number of benzene rings is 1. The van der Waals surface area contributed by atoms with E-state index in [1.807, 2.05) is 25.1 Å². The number of nitrogens with zero attached hydrogens (tertiary/aromatic N) is 2. The molecule has 3 heterocycles. The van der Waals surface area contributed by atoms with Crippen LogP contribution in [0.25, 0.3) is 11.4 Å². The Balaban J connectivity index is 1.39. The molecule has 0 spiro atoms. The molecule has 4 rings (SSSR count). The molecular weight excluding hydrogens is 408 g/mol. The molecule has 1 aliphatic heterocycles. The lowest BCUT2D eigenvalue weighted by molar-refractivity contribution is -0.121. The van der Waals surface area contributed by atoms with Gasteiger partial charge in [-0.2, -0.15) is 0 Å². The van der Waals surface area contributed by atoms with E-state index in [9.17, 15) is 9.59 Å². The minimum absolute atomic E-state index is 0.137. The lowest BCUT2D eigenvalue weighted by atomic mass is 10.1. The van der Waals surface area contributed by atoms with Gasteiger partial charge in [-0.05, 0) is 50.1 Å². The van der Waals surface area contributed by atoms with E-state index in [2.05, 4.69) is 20.3 Å². The number of rotatable bonds is 6. The van der Waals surface area contributed by atoms with Gasteiger partial charge in [-0.1, -0.05) is 6.07 Å². The molecule has 1 atom stereocenters. The largest absolute Gasteiger partial charge is 0.490 e. The zero-order valence-corrected chi connectivity index (χ0v) is 18.2. The summed E-state index contributed by atoms with van der Waals surface area (Å²) in [5, 5.41) is 2.99. The Morgan fingerprint density at radius 2 is 1.91 bits per heavy atom. The number of aromatic amines is 1. The third-order valence-corrected chi connectivity index (χ3v) is 5.43. The zero-order valence-electron chi connectivity index (χ0n) is 18.2. The molecule has 32 heavy (non-hydrogen) atoms. The first-order valence-corrected chi connectivity index (χ1v) is 10.7. The number of ether oxygens (including phenoxy) is 2. The Bertz CT molecular complexity index is 1160. The summed E-state index contributed by atoms with van der Waals surface area (Å²) >= 11 is 0. The van der Waals surface area contributed by atoms with Crippen molar-refractivity contribution in [1.29, 1.82) is 0 Å². The van der Waals surface area contributed by atoms with Crippen LogP contribution in [-0.4, -0.2) is 34.1 Å². The molecule has 3 aromatic rings. The van der Waals surface area contributed by atoms with Crippen LogP contribution >= 0.6 is 0 Å². The van der Waals surface area contributed by atoms with Gasteiger partial charge >= 0.3 is 0 Å². The van der Waals surface area contributed by atoms with Crippen LogP contribution in [0.2, 0.25) is 0 Å². The highest BCUT2D eigenvalue weighted by Crippen LogP contribution is 2.32. The molecule has 166 valence electrons. The monoisotopic (exact) mass is 434 g/mol. The van der Waals surface area contributed by atoms with Crippen LogP contribution in [0.1, 0.15) is 42.6 Å². The van der Waals surface area contributed by atoms with Gasteiger partial charge in [0, 0.05) is 42.1 Å². The smallest absolute Gasteiger partial charge is 0.254 e. The summed E-state index contributed by atoms with van der Waals surface area (Å²) in [5.74, 6) is 1.78. The number of fused-ring (bicyclic) bond motifs is 1. The molecule has 1 amide bonds. The van der Waals surface area contributed by atoms with Crippen molar-refractivity contribution in [2.24, 2.45) is 0 Å². The van der Waals surface area contributed by atoms with E-state index in [0.717, 1.165) is 23.3 Å². The van der Waals surface area contributed by atoms with Crippen LogP contribution < -0.4 is 20.3 Å². The van der Waals surface area contributed by atoms with E-state index in [1.54, 1.807) is 31.5 Å². The maximum Gasteiger partial charge on any atom is 0.254 e. The van der Waals surface area contributed by atoms with Gasteiger partial charge in [-0.15, -0.1) is 0 Å². The van der Waals surface area contributed by atoms with Crippen LogP contribution in [0.4, 0.5) is 0 Å². The van der Waals surface area contributed by atoms with Gasteiger partial charge in [0.15, 0.2) is 11.5 Å². The van der Waals surface area contributed by atoms with Crippen LogP contribution in [0.15, 0.2) is 47.5 Å². The summed E-state index contributed by atoms with van der Waals surface area (Å²) in [6, 6.07) is 9.07. The van der Waals surface area contributed by atoms with E-state index in [4.69, 9.17) is 9.47 Å². The average molecular weight is 434 g/mol. The third-order valence-electron chi connectivity index (χ3n) is 5.43. The molecule has 0 saturated carbocycles. The number of nitrogens with one attached hydrogen (secondary N) is 2. The molecular formula is C24H26N4O4. The molecule has 1 aliphatic rings. The van der Waals surface area contributed by atoms with Crippen LogP contribution in [0.3, 0.4) is 0 Å². The average Bonchev–Trinajstić information content (AvgIpc) is 3.04. The van der Waals surface area contributed by atoms with Gasteiger partial charge in [0.25, 0.3) is 5.56 Å². The number of pyridine rings is 1. The summed E-state index contributed by atoms with van der Waals surface area (Å²) in [7, 11) is 0. The molecule has 8 heteroatoms. The molecule has 8 nitrogen and oxygen atoms in total. The zero-order chi connectivity index (χ0) is 22.5. The Labute approximate surface area is 186 Å². The third kappa shape index (κ3) is 4.96. The molecule has 0 saturated heterocycles. The summed E-state index contributed by atoms with van der Waals surface area (Å²) in [5.41, 5.74) is 2.62. The summed E-state index contributed by atoms with van der Waals surface area (Å²) in [4.78, 5) is 36.4. The summed E-state index contributed by atoms with van der Waals surface area (Å²) < 4.78 is 11.4. The Kier molecular flexibility index (Phi) is 6.49. The first-order chi connectivity index (χ1) is 15.5. The van der Waals surface area contributed by atoms with Crippen molar-refractivity contribution < 1.29 is 14.3 Å². The van der Waals surface area contributed by atoms with Gasteiger partial charge in [0.1, 0.15) is 5.82 Å². The van der Waals surface area contributed by atoms with Gasteiger partial charge < -0.3 is 19.8 Å². The van der Waals surface area contributed by atoms with Crippen LogP contribution in [-0.2, 0) is 11.2 Å². The SMILES string of the molecule is Cc1nc(-c2ccncc2)[nH]c(=O)c1CCC(=O)NC(C)c1ccc2c(c1)OCCCO2.